The van der Waals surface area contributed by atoms with E-state index in [1.165, 1.54) is 6.20 Å². The fraction of sp³-hybridized carbons (Fsp3) is 0.579. The second-order valence-electron chi connectivity index (χ2n) is 7.70. The van der Waals surface area contributed by atoms with Gasteiger partial charge in [-0.25, -0.2) is 8.42 Å². The first kappa shape index (κ1) is 22.8. The second kappa shape index (κ2) is 9.51. The van der Waals surface area contributed by atoms with Gasteiger partial charge in [-0.15, -0.1) is 12.4 Å². The van der Waals surface area contributed by atoms with Gasteiger partial charge in [-0.1, -0.05) is 0 Å². The van der Waals surface area contributed by atoms with Gasteiger partial charge in [-0.2, -0.15) is 4.98 Å². The monoisotopic (exact) mass is 457 g/mol. The molecule has 1 aliphatic heterocycles. The Hall–Kier alpha value is -1.88. The van der Waals surface area contributed by atoms with Crippen LogP contribution in [0.4, 0.5) is 11.5 Å². The van der Waals surface area contributed by atoms with E-state index in [9.17, 15) is 8.42 Å². The summed E-state index contributed by atoms with van der Waals surface area (Å²) in [5, 5.41) is 0.686. The first-order chi connectivity index (χ1) is 13.9. The highest BCUT2D eigenvalue weighted by molar-refractivity contribution is 7.92. The van der Waals surface area contributed by atoms with Crippen molar-refractivity contribution in [1.29, 1.82) is 0 Å². The predicted molar refractivity (Wildman–Crippen MR) is 119 cm³/mol. The Morgan fingerprint density at radius 1 is 1.20 bits per heavy atom. The van der Waals surface area contributed by atoms with Crippen molar-refractivity contribution in [1.82, 2.24) is 9.97 Å². The van der Waals surface area contributed by atoms with Crippen molar-refractivity contribution < 1.29 is 17.9 Å². The lowest BCUT2D eigenvalue weighted by molar-refractivity contribution is 0.122. The lowest BCUT2D eigenvalue weighted by Crippen LogP contribution is -2.37. The Balaban J connectivity index is 0.00000256. The molecule has 1 saturated heterocycles. The smallest absolute Gasteiger partial charge is 0.229 e. The number of fused-ring (bicyclic) bond motifs is 1. The zero-order valence-electron chi connectivity index (χ0n) is 16.9. The number of halogens is 1. The molecular formula is C19H28ClN5O4S. The van der Waals surface area contributed by atoms with Crippen LogP contribution in [0.3, 0.4) is 0 Å². The third-order valence-electron chi connectivity index (χ3n) is 5.27. The minimum Gasteiger partial charge on any atom is -0.474 e. The summed E-state index contributed by atoms with van der Waals surface area (Å²) in [6.45, 7) is 2.82. The SMILES string of the molecule is CS(=O)(=O)Nc1cnc2cc(N3CCOCC3)nc(OC3CCC(N)CC3)c2c1.Cl. The number of hydrogen-bond donors (Lipinski definition) is 2. The summed E-state index contributed by atoms with van der Waals surface area (Å²) >= 11 is 0. The van der Waals surface area contributed by atoms with Crippen molar-refractivity contribution in [2.45, 2.75) is 37.8 Å². The molecule has 30 heavy (non-hydrogen) atoms. The van der Waals surface area contributed by atoms with Gasteiger partial charge >= 0.3 is 0 Å². The van der Waals surface area contributed by atoms with Gasteiger partial charge in [0, 0.05) is 25.2 Å². The third-order valence-corrected chi connectivity index (χ3v) is 5.87. The van der Waals surface area contributed by atoms with Crippen LogP contribution in [0.2, 0.25) is 0 Å². The molecule has 4 rings (SSSR count). The molecule has 2 aliphatic rings. The van der Waals surface area contributed by atoms with E-state index in [1.807, 2.05) is 6.07 Å². The normalized spacial score (nSPS) is 22.4. The van der Waals surface area contributed by atoms with Gasteiger partial charge < -0.3 is 20.1 Å². The summed E-state index contributed by atoms with van der Waals surface area (Å²) in [4.78, 5) is 11.4. The van der Waals surface area contributed by atoms with E-state index in [0.29, 0.717) is 35.7 Å². The van der Waals surface area contributed by atoms with Crippen molar-refractivity contribution in [3.8, 4) is 5.88 Å². The van der Waals surface area contributed by atoms with Crippen LogP contribution >= 0.6 is 12.4 Å². The van der Waals surface area contributed by atoms with Gasteiger partial charge in [0.15, 0.2) is 0 Å². The molecule has 0 amide bonds. The molecule has 0 unspecified atom stereocenters. The number of sulfonamides is 1. The van der Waals surface area contributed by atoms with Gasteiger partial charge in [-0.05, 0) is 31.7 Å². The molecule has 0 bridgehead atoms. The van der Waals surface area contributed by atoms with E-state index in [0.717, 1.165) is 50.8 Å². The standard InChI is InChI=1S/C19H27N5O4S.ClH/c1-29(25,26)23-14-10-16-17(21-12-14)11-18(24-6-8-27-9-7-24)22-19(16)28-15-4-2-13(20)3-5-15;/h10-13,15,23H,2-9,20H2,1H3;1H. The number of ether oxygens (including phenoxy) is 2. The molecule has 9 nitrogen and oxygen atoms in total. The number of aromatic nitrogens is 2. The number of pyridine rings is 2. The summed E-state index contributed by atoms with van der Waals surface area (Å²) in [5.74, 6) is 1.27. The molecule has 0 radical (unpaired) electrons. The molecule has 2 aromatic heterocycles. The maximum Gasteiger partial charge on any atom is 0.229 e. The highest BCUT2D eigenvalue weighted by Gasteiger charge is 2.23. The molecule has 3 N–H and O–H groups in total. The molecule has 0 aromatic carbocycles. The molecule has 3 heterocycles. The van der Waals surface area contributed by atoms with Gasteiger partial charge in [0.1, 0.15) is 11.9 Å². The first-order valence-corrected chi connectivity index (χ1v) is 11.8. The molecule has 1 aliphatic carbocycles. The van der Waals surface area contributed by atoms with Crippen LogP contribution < -0.4 is 20.1 Å². The fourth-order valence-corrected chi connectivity index (χ4v) is 4.30. The summed E-state index contributed by atoms with van der Waals surface area (Å²) in [5.41, 5.74) is 7.11. The van der Waals surface area contributed by atoms with Gasteiger partial charge in [0.25, 0.3) is 0 Å². The van der Waals surface area contributed by atoms with Crippen LogP contribution in [0.25, 0.3) is 10.9 Å². The Kier molecular flexibility index (Phi) is 7.22. The van der Waals surface area contributed by atoms with E-state index in [2.05, 4.69) is 14.6 Å². The Morgan fingerprint density at radius 3 is 2.57 bits per heavy atom. The highest BCUT2D eigenvalue weighted by Crippen LogP contribution is 2.32. The minimum absolute atomic E-state index is 0. The van der Waals surface area contributed by atoms with Crippen LogP contribution in [0.1, 0.15) is 25.7 Å². The van der Waals surface area contributed by atoms with Crippen molar-refractivity contribution in [2.24, 2.45) is 5.73 Å². The molecule has 166 valence electrons. The second-order valence-corrected chi connectivity index (χ2v) is 9.45. The van der Waals surface area contributed by atoms with E-state index < -0.39 is 10.0 Å². The number of morpholine rings is 1. The first-order valence-electron chi connectivity index (χ1n) is 9.91. The molecule has 2 aromatic rings. The van der Waals surface area contributed by atoms with Gasteiger partial charge in [0.2, 0.25) is 15.9 Å². The molecule has 11 heteroatoms. The molecule has 0 atom stereocenters. The van der Waals surface area contributed by atoms with E-state index >= 15 is 0 Å². The molecular weight excluding hydrogens is 430 g/mol. The summed E-state index contributed by atoms with van der Waals surface area (Å²) in [6.07, 6.45) is 6.25. The van der Waals surface area contributed by atoms with Crippen LogP contribution in [0.15, 0.2) is 18.3 Å². The fourth-order valence-electron chi connectivity index (χ4n) is 3.76. The summed E-state index contributed by atoms with van der Waals surface area (Å²) in [7, 11) is -3.40. The predicted octanol–water partition coefficient (Wildman–Crippen LogP) is 1.91. The maximum absolute atomic E-state index is 11.6. The number of rotatable bonds is 5. The maximum atomic E-state index is 11.6. The molecule has 2 fully saturated rings. The van der Waals surface area contributed by atoms with Crippen molar-refractivity contribution in [2.75, 3.05) is 42.2 Å². The van der Waals surface area contributed by atoms with Crippen LogP contribution in [-0.2, 0) is 14.8 Å². The number of nitrogens with two attached hydrogens (primary N) is 1. The lowest BCUT2D eigenvalue weighted by Gasteiger charge is -2.30. The van der Waals surface area contributed by atoms with Crippen LogP contribution in [0, 0.1) is 0 Å². The van der Waals surface area contributed by atoms with E-state index in [-0.39, 0.29) is 24.6 Å². The van der Waals surface area contributed by atoms with E-state index in [1.54, 1.807) is 6.07 Å². The van der Waals surface area contributed by atoms with Crippen molar-refractivity contribution in [3.05, 3.63) is 18.3 Å². The topological polar surface area (TPSA) is 120 Å². The average molecular weight is 458 g/mol. The Labute approximate surface area is 182 Å². The zero-order valence-corrected chi connectivity index (χ0v) is 18.5. The highest BCUT2D eigenvalue weighted by atomic mass is 35.5. The minimum atomic E-state index is -3.40. The van der Waals surface area contributed by atoms with Crippen molar-refractivity contribution in [3.63, 3.8) is 0 Å². The quantitative estimate of drug-likeness (QED) is 0.698. The number of anilines is 2. The van der Waals surface area contributed by atoms with Gasteiger partial charge in [0.05, 0.1) is 42.3 Å². The van der Waals surface area contributed by atoms with Crippen molar-refractivity contribution >= 4 is 44.8 Å². The molecule has 1 saturated carbocycles. The lowest BCUT2D eigenvalue weighted by atomic mass is 9.94. The molecule has 0 spiro atoms. The van der Waals surface area contributed by atoms with Gasteiger partial charge in [-0.3, -0.25) is 9.71 Å². The number of nitrogens with one attached hydrogen (secondary N) is 1. The Morgan fingerprint density at radius 2 is 1.90 bits per heavy atom. The number of hydrogen-bond acceptors (Lipinski definition) is 8. The van der Waals surface area contributed by atoms with Crippen LogP contribution in [0.5, 0.6) is 5.88 Å². The largest absolute Gasteiger partial charge is 0.474 e. The number of nitrogens with zero attached hydrogens (tertiary/aromatic N) is 3. The van der Waals surface area contributed by atoms with Crippen LogP contribution in [-0.4, -0.2) is 63.1 Å². The summed E-state index contributed by atoms with van der Waals surface area (Å²) in [6, 6.07) is 3.87. The van der Waals surface area contributed by atoms with E-state index in [4.69, 9.17) is 20.2 Å². The Bertz CT molecular complexity index is 976. The average Bonchev–Trinajstić information content (AvgIpc) is 2.69. The summed E-state index contributed by atoms with van der Waals surface area (Å²) < 4.78 is 37.4. The third kappa shape index (κ3) is 5.63. The zero-order chi connectivity index (χ0) is 20.4.